The molecule has 10 heteroatoms. The van der Waals surface area contributed by atoms with Crippen LogP contribution in [0, 0.1) is 0 Å². The third kappa shape index (κ3) is 5.13. The lowest BCUT2D eigenvalue weighted by molar-refractivity contribution is -0.130. The van der Waals surface area contributed by atoms with Crippen molar-refractivity contribution in [2.45, 2.75) is 37.6 Å². The Morgan fingerprint density at radius 2 is 1.93 bits per heavy atom. The lowest BCUT2D eigenvalue weighted by Gasteiger charge is -2.17. The van der Waals surface area contributed by atoms with Gasteiger partial charge in [0.2, 0.25) is 15.9 Å². The number of H-pyrrole nitrogens is 1. The summed E-state index contributed by atoms with van der Waals surface area (Å²) in [6.45, 7) is 4.18. The van der Waals surface area contributed by atoms with Gasteiger partial charge in [-0.3, -0.25) is 9.59 Å². The molecule has 0 aliphatic carbocycles. The van der Waals surface area contributed by atoms with Gasteiger partial charge in [-0.2, -0.15) is 0 Å². The van der Waals surface area contributed by atoms with E-state index >= 15 is 0 Å². The van der Waals surface area contributed by atoms with Crippen LogP contribution >= 0.6 is 11.3 Å². The van der Waals surface area contributed by atoms with Crippen LogP contribution in [0.3, 0.4) is 0 Å². The zero-order valence-corrected chi connectivity index (χ0v) is 18.6. The van der Waals surface area contributed by atoms with E-state index in [2.05, 4.69) is 14.7 Å². The largest absolute Gasteiger partial charge is 0.338 e. The van der Waals surface area contributed by atoms with Crippen molar-refractivity contribution in [3.63, 3.8) is 0 Å². The van der Waals surface area contributed by atoms with Crippen LogP contribution in [-0.4, -0.2) is 42.8 Å². The second-order valence-electron chi connectivity index (χ2n) is 7.27. The summed E-state index contributed by atoms with van der Waals surface area (Å²) in [5.41, 5.74) is 1.41. The number of sulfonamides is 1. The van der Waals surface area contributed by atoms with Gasteiger partial charge in [-0.25, -0.2) is 18.1 Å². The fraction of sp³-hybridized carbons (Fsp3) is 0.350. The molecule has 0 atom stereocenters. The number of hydrogen-bond acceptors (Lipinski definition) is 6. The highest BCUT2D eigenvalue weighted by atomic mass is 32.2. The third-order valence-corrected chi connectivity index (χ3v) is 7.04. The normalized spacial score (nSPS) is 11.9. The quantitative estimate of drug-likeness (QED) is 0.550. The number of carbonyl (C=O) groups is 1. The van der Waals surface area contributed by atoms with E-state index in [0.29, 0.717) is 22.0 Å². The molecule has 0 saturated heterocycles. The molecule has 0 spiro atoms. The van der Waals surface area contributed by atoms with Gasteiger partial charge in [0.1, 0.15) is 10.5 Å². The van der Waals surface area contributed by atoms with Gasteiger partial charge in [0.25, 0.3) is 5.56 Å². The first-order chi connectivity index (χ1) is 14.2. The minimum atomic E-state index is -3.69. The van der Waals surface area contributed by atoms with Crippen LogP contribution in [0.25, 0.3) is 10.2 Å². The van der Waals surface area contributed by atoms with Crippen LogP contribution in [0.15, 0.2) is 45.4 Å². The molecule has 1 aromatic carbocycles. The highest BCUT2D eigenvalue weighted by Crippen LogP contribution is 2.17. The molecule has 3 rings (SSSR count). The van der Waals surface area contributed by atoms with Crippen molar-refractivity contribution in [1.29, 1.82) is 0 Å². The summed E-state index contributed by atoms with van der Waals surface area (Å²) in [4.78, 5) is 33.0. The van der Waals surface area contributed by atoms with E-state index in [4.69, 9.17) is 0 Å². The van der Waals surface area contributed by atoms with Crippen LogP contribution in [0.2, 0.25) is 0 Å². The number of nitrogens with one attached hydrogen (secondary N) is 2. The van der Waals surface area contributed by atoms with Gasteiger partial charge in [0.15, 0.2) is 0 Å². The van der Waals surface area contributed by atoms with Crippen LogP contribution < -0.4 is 10.3 Å². The molecule has 0 radical (unpaired) electrons. The summed E-state index contributed by atoms with van der Waals surface area (Å²) in [5, 5.41) is 1.79. The van der Waals surface area contributed by atoms with Gasteiger partial charge in [-0.05, 0) is 35.1 Å². The van der Waals surface area contributed by atoms with Gasteiger partial charge in [-0.15, -0.1) is 11.3 Å². The summed E-state index contributed by atoms with van der Waals surface area (Å²) in [6.07, 6.45) is -0.00919. The number of rotatable bonds is 8. The minimum absolute atomic E-state index is 0.00919. The minimum Gasteiger partial charge on any atom is -0.338 e. The molecule has 2 aromatic heterocycles. The Morgan fingerprint density at radius 3 is 2.60 bits per heavy atom. The van der Waals surface area contributed by atoms with Crippen molar-refractivity contribution in [2.75, 3.05) is 13.6 Å². The lowest BCUT2D eigenvalue weighted by atomic mass is 10.0. The van der Waals surface area contributed by atoms with E-state index in [0.717, 1.165) is 5.56 Å². The third-order valence-electron chi connectivity index (χ3n) is 4.66. The average molecular weight is 449 g/mol. The monoisotopic (exact) mass is 448 g/mol. The van der Waals surface area contributed by atoms with Crippen molar-refractivity contribution in [3.8, 4) is 0 Å². The number of amides is 1. The molecular formula is C20H24N4O4S2. The Bertz CT molecular complexity index is 1200. The van der Waals surface area contributed by atoms with E-state index in [1.165, 1.54) is 16.2 Å². The van der Waals surface area contributed by atoms with Crippen LogP contribution in [0.5, 0.6) is 0 Å². The Hall–Kier alpha value is -2.56. The number of thiophene rings is 1. The average Bonchev–Trinajstić information content (AvgIpc) is 3.17. The predicted octanol–water partition coefficient (Wildman–Crippen LogP) is 2.44. The first-order valence-corrected chi connectivity index (χ1v) is 11.8. The van der Waals surface area contributed by atoms with Gasteiger partial charge in [0, 0.05) is 20.0 Å². The van der Waals surface area contributed by atoms with E-state index in [1.807, 2.05) is 13.8 Å². The standard InChI is InChI=1S/C20H24N4O4S2/c1-13(2)14-4-6-15(7-5-14)30(27,28)21-10-8-18(25)24(3)12-17-22-16-9-11-29-19(16)20(26)23-17/h4-7,9,11,13,21H,8,10,12H2,1-3H3,(H,22,23,26). The van der Waals surface area contributed by atoms with Crippen molar-refractivity contribution in [1.82, 2.24) is 19.6 Å². The molecule has 0 saturated carbocycles. The Kier molecular flexibility index (Phi) is 6.69. The zero-order chi connectivity index (χ0) is 21.9. The number of hydrogen-bond donors (Lipinski definition) is 2. The second-order valence-corrected chi connectivity index (χ2v) is 9.95. The molecule has 2 heterocycles. The Morgan fingerprint density at radius 1 is 1.23 bits per heavy atom. The number of carbonyl (C=O) groups excluding carboxylic acids is 1. The van der Waals surface area contributed by atoms with Gasteiger partial charge < -0.3 is 9.88 Å². The molecule has 1 amide bonds. The molecule has 0 bridgehead atoms. The van der Waals surface area contributed by atoms with Gasteiger partial charge in [-0.1, -0.05) is 26.0 Å². The second kappa shape index (κ2) is 9.07. The van der Waals surface area contributed by atoms with Gasteiger partial charge in [0.05, 0.1) is 17.0 Å². The topological polar surface area (TPSA) is 112 Å². The molecule has 0 aliphatic heterocycles. The lowest BCUT2D eigenvalue weighted by Crippen LogP contribution is -2.32. The molecule has 8 nitrogen and oxygen atoms in total. The Balaban J connectivity index is 1.55. The van der Waals surface area contributed by atoms with Crippen LogP contribution in [-0.2, 0) is 21.4 Å². The molecule has 0 aliphatic rings. The van der Waals surface area contributed by atoms with E-state index in [1.54, 1.807) is 42.8 Å². The summed E-state index contributed by atoms with van der Waals surface area (Å²) >= 11 is 1.31. The maximum Gasteiger partial charge on any atom is 0.268 e. The van der Waals surface area contributed by atoms with Crippen molar-refractivity contribution >= 4 is 37.5 Å². The maximum atomic E-state index is 12.4. The molecule has 0 unspecified atom stereocenters. The zero-order valence-electron chi connectivity index (χ0n) is 17.0. The maximum absolute atomic E-state index is 12.4. The molecule has 2 N–H and O–H groups in total. The summed E-state index contributed by atoms with van der Waals surface area (Å²) < 4.78 is 27.8. The van der Waals surface area contributed by atoms with Crippen molar-refractivity contribution in [3.05, 3.63) is 57.5 Å². The van der Waals surface area contributed by atoms with Crippen LogP contribution in [0.1, 0.15) is 37.6 Å². The van der Waals surface area contributed by atoms with Crippen molar-refractivity contribution < 1.29 is 13.2 Å². The summed E-state index contributed by atoms with van der Waals surface area (Å²) in [7, 11) is -2.10. The first-order valence-electron chi connectivity index (χ1n) is 9.47. The SMILES string of the molecule is CC(C)c1ccc(S(=O)(=O)NCCC(=O)N(C)Cc2nc3ccsc3c(=O)[nH]2)cc1. The highest BCUT2D eigenvalue weighted by molar-refractivity contribution is 7.89. The fourth-order valence-corrected chi connectivity index (χ4v) is 4.67. The highest BCUT2D eigenvalue weighted by Gasteiger charge is 2.16. The number of benzene rings is 1. The van der Waals surface area contributed by atoms with E-state index in [-0.39, 0.29) is 35.9 Å². The number of aromatic nitrogens is 2. The number of fused-ring (bicyclic) bond motifs is 1. The fourth-order valence-electron chi connectivity index (χ4n) is 2.91. The van der Waals surface area contributed by atoms with Crippen LogP contribution in [0.4, 0.5) is 0 Å². The van der Waals surface area contributed by atoms with Crippen molar-refractivity contribution in [2.24, 2.45) is 0 Å². The van der Waals surface area contributed by atoms with E-state index < -0.39 is 10.0 Å². The molecular weight excluding hydrogens is 424 g/mol. The smallest absolute Gasteiger partial charge is 0.268 e. The molecule has 160 valence electrons. The number of nitrogens with zero attached hydrogens (tertiary/aromatic N) is 2. The van der Waals surface area contributed by atoms with Gasteiger partial charge >= 0.3 is 0 Å². The number of aromatic amines is 1. The van der Waals surface area contributed by atoms with E-state index in [9.17, 15) is 18.0 Å². The predicted molar refractivity (Wildman–Crippen MR) is 117 cm³/mol. The summed E-state index contributed by atoms with van der Waals surface area (Å²) in [6, 6.07) is 8.46. The molecule has 3 aromatic rings. The summed E-state index contributed by atoms with van der Waals surface area (Å²) in [5.74, 6) is 0.432. The first kappa shape index (κ1) is 22.1. The molecule has 0 fully saturated rings. The Labute approximate surface area is 179 Å². The molecule has 30 heavy (non-hydrogen) atoms.